The first-order valence-corrected chi connectivity index (χ1v) is 10.1. The van der Waals surface area contributed by atoms with Crippen LogP contribution in [-0.4, -0.2) is 44.8 Å². The summed E-state index contributed by atoms with van der Waals surface area (Å²) in [5.74, 6) is -0.514. The predicted molar refractivity (Wildman–Crippen MR) is 104 cm³/mol. The van der Waals surface area contributed by atoms with Crippen LogP contribution >= 0.6 is 0 Å². The molecule has 0 N–H and O–H groups in total. The van der Waals surface area contributed by atoms with Crippen molar-refractivity contribution in [3.8, 4) is 0 Å². The smallest absolute Gasteiger partial charge is 0.353 e. The van der Waals surface area contributed by atoms with Gasteiger partial charge < -0.3 is 14.4 Å². The van der Waals surface area contributed by atoms with Crippen LogP contribution in [0.2, 0.25) is 0 Å². The van der Waals surface area contributed by atoms with E-state index in [0.717, 1.165) is 43.5 Å². The van der Waals surface area contributed by atoms with Gasteiger partial charge in [0, 0.05) is 36.6 Å². The molecule has 2 aromatic rings. The minimum Gasteiger partial charge on any atom is -0.353 e. The van der Waals surface area contributed by atoms with Crippen LogP contribution in [0.5, 0.6) is 0 Å². The number of benzene rings is 1. The lowest BCUT2D eigenvalue weighted by atomic mass is 10.1. The molecule has 2 amide bonds. The zero-order chi connectivity index (χ0) is 21.5. The summed E-state index contributed by atoms with van der Waals surface area (Å²) in [5, 5.41) is 0. The van der Waals surface area contributed by atoms with Gasteiger partial charge in [-0.2, -0.15) is 13.2 Å². The van der Waals surface area contributed by atoms with E-state index in [1.54, 1.807) is 0 Å². The molecule has 0 unspecified atom stereocenters. The Morgan fingerprint density at radius 3 is 2.10 bits per heavy atom. The highest BCUT2D eigenvalue weighted by molar-refractivity contribution is 5.97. The van der Waals surface area contributed by atoms with Gasteiger partial charge in [0.15, 0.2) is 0 Å². The van der Waals surface area contributed by atoms with Gasteiger partial charge in [0.2, 0.25) is 5.91 Å². The largest absolute Gasteiger partial charge is 0.416 e. The molecule has 2 aliphatic rings. The minimum atomic E-state index is -4.45. The molecule has 0 saturated heterocycles. The second-order valence-electron chi connectivity index (χ2n) is 8.10. The number of carbonyl (C=O) groups excluding carboxylic acids is 2. The third-order valence-corrected chi connectivity index (χ3v) is 5.70. The second-order valence-corrected chi connectivity index (χ2v) is 8.10. The molecule has 1 aromatic carbocycles. The number of hydrogen-bond acceptors (Lipinski definition) is 2. The van der Waals surface area contributed by atoms with E-state index < -0.39 is 17.6 Å². The lowest BCUT2D eigenvalue weighted by molar-refractivity contribution is -0.137. The number of carbonyl (C=O) groups is 2. The number of halogens is 3. The maximum Gasteiger partial charge on any atom is 0.416 e. The van der Waals surface area contributed by atoms with E-state index in [4.69, 9.17) is 0 Å². The fourth-order valence-electron chi connectivity index (χ4n) is 3.60. The highest BCUT2D eigenvalue weighted by atomic mass is 19.4. The van der Waals surface area contributed by atoms with Crippen molar-refractivity contribution in [3.63, 3.8) is 0 Å². The molecule has 2 saturated carbocycles. The first-order valence-electron chi connectivity index (χ1n) is 10.1. The lowest BCUT2D eigenvalue weighted by Crippen LogP contribution is -2.44. The van der Waals surface area contributed by atoms with Crippen LogP contribution in [0.15, 0.2) is 42.6 Å². The van der Waals surface area contributed by atoms with Crippen molar-refractivity contribution in [1.29, 1.82) is 0 Å². The van der Waals surface area contributed by atoms with Crippen LogP contribution < -0.4 is 0 Å². The number of nitrogens with zero attached hydrogens (tertiary/aromatic N) is 3. The Bertz CT molecular complexity index is 928. The van der Waals surface area contributed by atoms with Gasteiger partial charge in [-0.15, -0.1) is 0 Å². The van der Waals surface area contributed by atoms with Crippen molar-refractivity contribution in [2.75, 3.05) is 6.54 Å². The van der Waals surface area contributed by atoms with E-state index in [0.29, 0.717) is 6.54 Å². The van der Waals surface area contributed by atoms with Crippen molar-refractivity contribution >= 4 is 11.8 Å². The Morgan fingerprint density at radius 2 is 1.60 bits per heavy atom. The molecule has 0 radical (unpaired) electrons. The van der Waals surface area contributed by atoms with Gasteiger partial charge in [0.05, 0.1) is 12.1 Å². The van der Waals surface area contributed by atoms with Crippen LogP contribution in [0.25, 0.3) is 0 Å². The first-order chi connectivity index (χ1) is 14.2. The molecule has 0 spiro atoms. The second kappa shape index (κ2) is 7.81. The van der Waals surface area contributed by atoms with Crippen LogP contribution in [0.4, 0.5) is 13.2 Å². The van der Waals surface area contributed by atoms with Crippen LogP contribution in [0, 0.1) is 0 Å². The molecular weight excluding hydrogens is 395 g/mol. The molecule has 30 heavy (non-hydrogen) atoms. The Labute approximate surface area is 173 Å². The van der Waals surface area contributed by atoms with Crippen molar-refractivity contribution in [3.05, 3.63) is 59.4 Å². The average molecular weight is 419 g/mol. The fourth-order valence-corrected chi connectivity index (χ4v) is 3.60. The minimum absolute atomic E-state index is 0.0279. The molecule has 4 rings (SSSR count). The Hall–Kier alpha value is -2.77. The molecular formula is C22H24F3N3O2. The summed E-state index contributed by atoms with van der Waals surface area (Å²) >= 11 is 0. The number of hydrogen-bond donors (Lipinski definition) is 0. The van der Waals surface area contributed by atoms with Crippen LogP contribution in [0.3, 0.4) is 0 Å². The third-order valence-electron chi connectivity index (χ3n) is 5.70. The molecule has 8 heteroatoms. The van der Waals surface area contributed by atoms with E-state index in [2.05, 4.69) is 0 Å². The van der Waals surface area contributed by atoms with E-state index >= 15 is 0 Å². The summed E-state index contributed by atoms with van der Waals surface area (Å²) in [7, 11) is 1.93. The molecule has 1 aromatic heterocycles. The van der Waals surface area contributed by atoms with E-state index in [1.807, 2.05) is 34.8 Å². The first kappa shape index (κ1) is 20.5. The van der Waals surface area contributed by atoms with Gasteiger partial charge in [0.1, 0.15) is 6.54 Å². The number of aryl methyl sites for hydroxylation is 1. The monoisotopic (exact) mass is 419 g/mol. The molecule has 160 valence electrons. The number of rotatable bonds is 7. The molecule has 0 bridgehead atoms. The van der Waals surface area contributed by atoms with Crippen molar-refractivity contribution in [2.24, 2.45) is 7.05 Å². The van der Waals surface area contributed by atoms with Crippen LogP contribution in [-0.2, 0) is 24.6 Å². The zero-order valence-corrected chi connectivity index (χ0v) is 16.7. The highest BCUT2D eigenvalue weighted by Gasteiger charge is 2.39. The van der Waals surface area contributed by atoms with Gasteiger partial charge in [-0.1, -0.05) is 0 Å². The third kappa shape index (κ3) is 4.52. The standard InChI is InChI=1S/C22H24F3N3O2/c1-26-12-2-3-19(26)13-27(17-8-9-17)20(29)14-28(18-10-11-18)21(30)15-4-6-16(7-5-15)22(23,24)25/h2-7,12,17-18H,8-11,13-14H2,1H3. The molecule has 0 aliphatic heterocycles. The zero-order valence-electron chi connectivity index (χ0n) is 16.7. The highest BCUT2D eigenvalue weighted by Crippen LogP contribution is 2.32. The van der Waals surface area contributed by atoms with Gasteiger partial charge in [-0.25, -0.2) is 0 Å². The van der Waals surface area contributed by atoms with Gasteiger partial charge in [-0.05, 0) is 62.1 Å². The summed E-state index contributed by atoms with van der Waals surface area (Å²) in [5.41, 5.74) is 0.390. The number of alkyl halides is 3. The van der Waals surface area contributed by atoms with Gasteiger partial charge >= 0.3 is 6.18 Å². The number of aromatic nitrogens is 1. The quantitative estimate of drug-likeness (QED) is 0.685. The van der Waals surface area contributed by atoms with E-state index in [-0.39, 0.29) is 30.1 Å². The Kier molecular flexibility index (Phi) is 5.34. The van der Waals surface area contributed by atoms with E-state index in [1.165, 1.54) is 17.0 Å². The summed E-state index contributed by atoms with van der Waals surface area (Å²) < 4.78 is 40.4. The Balaban J connectivity index is 1.48. The SMILES string of the molecule is Cn1cccc1CN(C(=O)CN(C(=O)c1ccc(C(F)(F)F)cc1)C1CC1)C1CC1. The molecule has 1 heterocycles. The van der Waals surface area contributed by atoms with Crippen molar-refractivity contribution in [1.82, 2.24) is 14.4 Å². The van der Waals surface area contributed by atoms with E-state index in [9.17, 15) is 22.8 Å². The van der Waals surface area contributed by atoms with Crippen molar-refractivity contribution < 1.29 is 22.8 Å². The maximum atomic E-state index is 13.1. The molecule has 2 fully saturated rings. The normalized spacial score (nSPS) is 16.4. The predicted octanol–water partition coefficient (Wildman–Crippen LogP) is 3.84. The molecule has 5 nitrogen and oxygen atoms in total. The summed E-state index contributed by atoms with van der Waals surface area (Å²) in [6.07, 6.45) is 0.992. The summed E-state index contributed by atoms with van der Waals surface area (Å²) in [4.78, 5) is 29.4. The summed E-state index contributed by atoms with van der Waals surface area (Å²) in [6.45, 7) is 0.436. The van der Waals surface area contributed by atoms with Gasteiger partial charge in [-0.3, -0.25) is 9.59 Å². The van der Waals surface area contributed by atoms with Crippen LogP contribution in [0.1, 0.15) is 47.3 Å². The summed E-state index contributed by atoms with van der Waals surface area (Å²) in [6, 6.07) is 8.25. The fraction of sp³-hybridized carbons (Fsp3) is 0.455. The molecule has 2 aliphatic carbocycles. The van der Waals surface area contributed by atoms with Gasteiger partial charge in [0.25, 0.3) is 5.91 Å². The Morgan fingerprint density at radius 1 is 1.00 bits per heavy atom. The molecule has 0 atom stereocenters. The lowest BCUT2D eigenvalue weighted by Gasteiger charge is -2.28. The average Bonchev–Trinajstić information content (AvgIpc) is 3.62. The number of amides is 2. The maximum absolute atomic E-state index is 13.1. The van der Waals surface area contributed by atoms with Crippen molar-refractivity contribution in [2.45, 2.75) is 50.5 Å². The topological polar surface area (TPSA) is 45.6 Å².